The minimum Gasteiger partial charge on any atom is -0.398 e. The fourth-order valence-electron chi connectivity index (χ4n) is 1.98. The van der Waals surface area contributed by atoms with Gasteiger partial charge < -0.3 is 10.8 Å². The summed E-state index contributed by atoms with van der Waals surface area (Å²) in [5.74, 6) is 0.127. The van der Waals surface area contributed by atoms with Crippen molar-refractivity contribution >= 4 is 15.7 Å². The number of sulfonamides is 1. The summed E-state index contributed by atoms with van der Waals surface area (Å²) in [6, 6.07) is 3.27. The Morgan fingerprint density at radius 2 is 1.90 bits per heavy atom. The van der Waals surface area contributed by atoms with Gasteiger partial charge in [0, 0.05) is 13.2 Å². The smallest absolute Gasteiger partial charge is 0.242 e. The van der Waals surface area contributed by atoms with Gasteiger partial charge in [0.15, 0.2) is 0 Å². The van der Waals surface area contributed by atoms with E-state index in [-0.39, 0.29) is 23.1 Å². The number of benzene rings is 1. The van der Waals surface area contributed by atoms with E-state index in [2.05, 4.69) is 4.72 Å². The molecule has 114 valence electrons. The van der Waals surface area contributed by atoms with E-state index in [4.69, 9.17) is 10.8 Å². The van der Waals surface area contributed by atoms with Crippen LogP contribution in [0.3, 0.4) is 0 Å². The number of hydrogen-bond donors (Lipinski definition) is 3. The molecule has 0 saturated heterocycles. The van der Waals surface area contributed by atoms with Gasteiger partial charge in [-0.05, 0) is 49.4 Å². The predicted molar refractivity (Wildman–Crippen MR) is 81.0 cm³/mol. The molecule has 0 aliphatic carbocycles. The van der Waals surface area contributed by atoms with E-state index in [1.165, 1.54) is 0 Å². The maximum Gasteiger partial charge on any atom is 0.242 e. The lowest BCUT2D eigenvalue weighted by atomic mass is 10.0. The van der Waals surface area contributed by atoms with Crippen LogP contribution in [0.25, 0.3) is 0 Å². The van der Waals surface area contributed by atoms with Crippen LogP contribution >= 0.6 is 0 Å². The molecule has 0 spiro atoms. The molecule has 0 aromatic heterocycles. The van der Waals surface area contributed by atoms with Crippen LogP contribution in [0.5, 0.6) is 0 Å². The third kappa shape index (κ3) is 4.19. The van der Waals surface area contributed by atoms with Gasteiger partial charge in [-0.1, -0.05) is 13.3 Å². The highest BCUT2D eigenvalue weighted by Gasteiger charge is 2.19. The fourth-order valence-corrected chi connectivity index (χ4v) is 3.29. The Hall–Kier alpha value is -1.11. The molecule has 1 unspecified atom stereocenters. The average molecular weight is 300 g/mol. The lowest BCUT2D eigenvalue weighted by Crippen LogP contribution is -2.30. The van der Waals surface area contributed by atoms with Crippen molar-refractivity contribution in [2.75, 3.05) is 18.9 Å². The molecule has 0 aliphatic heterocycles. The number of aliphatic hydroxyl groups excluding tert-OH is 1. The molecule has 0 saturated carbocycles. The molecule has 1 aromatic carbocycles. The second-order valence-electron chi connectivity index (χ2n) is 5.11. The van der Waals surface area contributed by atoms with Gasteiger partial charge in [-0.3, -0.25) is 0 Å². The number of hydrogen-bond acceptors (Lipinski definition) is 4. The number of anilines is 1. The standard InChI is InChI=1S/C14H24N2O3S/c1-4-12(5-6-17)9-16-20(18,19)14-8-11(3)10(2)7-13(14)15/h7-8,12,16-17H,4-6,9,15H2,1-3H3. The lowest BCUT2D eigenvalue weighted by molar-refractivity contribution is 0.254. The van der Waals surface area contributed by atoms with E-state index in [0.29, 0.717) is 13.0 Å². The topological polar surface area (TPSA) is 92.4 Å². The van der Waals surface area contributed by atoms with Crippen molar-refractivity contribution in [3.05, 3.63) is 23.3 Å². The molecule has 0 aliphatic rings. The van der Waals surface area contributed by atoms with Crippen molar-refractivity contribution in [2.45, 2.75) is 38.5 Å². The maximum absolute atomic E-state index is 12.3. The SMILES string of the molecule is CCC(CCO)CNS(=O)(=O)c1cc(C)c(C)cc1N. The number of nitrogens with two attached hydrogens (primary N) is 1. The van der Waals surface area contributed by atoms with Gasteiger partial charge >= 0.3 is 0 Å². The lowest BCUT2D eigenvalue weighted by Gasteiger charge is -2.16. The summed E-state index contributed by atoms with van der Waals surface area (Å²) in [7, 11) is -3.61. The summed E-state index contributed by atoms with van der Waals surface area (Å²) in [6.07, 6.45) is 1.40. The van der Waals surface area contributed by atoms with Crippen LogP contribution in [-0.4, -0.2) is 26.7 Å². The molecule has 1 aromatic rings. The van der Waals surface area contributed by atoms with Crippen LogP contribution < -0.4 is 10.5 Å². The van der Waals surface area contributed by atoms with Crippen molar-refractivity contribution in [1.29, 1.82) is 0 Å². The van der Waals surface area contributed by atoms with E-state index in [1.54, 1.807) is 12.1 Å². The van der Waals surface area contributed by atoms with Gasteiger partial charge in [-0.25, -0.2) is 13.1 Å². The number of aliphatic hydroxyl groups is 1. The summed E-state index contributed by atoms with van der Waals surface area (Å²) >= 11 is 0. The van der Waals surface area contributed by atoms with Crippen LogP contribution in [-0.2, 0) is 10.0 Å². The Labute approximate surface area is 121 Å². The number of aryl methyl sites for hydroxylation is 2. The van der Waals surface area contributed by atoms with Crippen molar-refractivity contribution in [2.24, 2.45) is 5.92 Å². The molecule has 5 nitrogen and oxygen atoms in total. The molecule has 1 atom stereocenters. The molecular formula is C14H24N2O3S. The van der Waals surface area contributed by atoms with Crippen LogP contribution in [0.15, 0.2) is 17.0 Å². The van der Waals surface area contributed by atoms with Crippen LogP contribution in [0.2, 0.25) is 0 Å². The Kier molecular flexibility index (Phi) is 5.98. The van der Waals surface area contributed by atoms with Gasteiger partial charge in [0.2, 0.25) is 10.0 Å². The third-order valence-corrected chi connectivity index (χ3v) is 5.07. The molecule has 20 heavy (non-hydrogen) atoms. The number of nitrogens with one attached hydrogen (secondary N) is 1. The van der Waals surface area contributed by atoms with Gasteiger partial charge in [0.25, 0.3) is 0 Å². The van der Waals surface area contributed by atoms with Gasteiger partial charge in [-0.2, -0.15) is 0 Å². The summed E-state index contributed by atoms with van der Waals surface area (Å²) in [4.78, 5) is 0.124. The quantitative estimate of drug-likeness (QED) is 0.666. The molecule has 0 amide bonds. The maximum atomic E-state index is 12.3. The first kappa shape index (κ1) is 16.9. The first-order valence-corrected chi connectivity index (χ1v) is 8.27. The highest BCUT2D eigenvalue weighted by atomic mass is 32.2. The van der Waals surface area contributed by atoms with Crippen LogP contribution in [0, 0.1) is 19.8 Å². The Bertz CT molecular complexity index is 556. The van der Waals surface area contributed by atoms with Gasteiger partial charge in [0.05, 0.1) is 5.69 Å². The first-order valence-electron chi connectivity index (χ1n) is 6.79. The largest absolute Gasteiger partial charge is 0.398 e. The Morgan fingerprint density at radius 1 is 1.30 bits per heavy atom. The monoisotopic (exact) mass is 300 g/mol. The predicted octanol–water partition coefficient (Wildman–Crippen LogP) is 1.57. The summed E-state index contributed by atoms with van der Waals surface area (Å²) in [5, 5.41) is 8.93. The molecular weight excluding hydrogens is 276 g/mol. The number of rotatable bonds is 7. The van der Waals surface area contributed by atoms with Crippen molar-refractivity contribution in [3.63, 3.8) is 0 Å². The minimum atomic E-state index is -3.61. The van der Waals surface area contributed by atoms with E-state index in [9.17, 15) is 8.42 Å². The summed E-state index contributed by atoms with van der Waals surface area (Å²) < 4.78 is 27.2. The Balaban J connectivity index is 2.92. The second-order valence-corrected chi connectivity index (χ2v) is 6.85. The highest BCUT2D eigenvalue weighted by Crippen LogP contribution is 2.22. The third-order valence-electron chi connectivity index (χ3n) is 3.59. The fraction of sp³-hybridized carbons (Fsp3) is 0.571. The van der Waals surface area contributed by atoms with Crippen molar-refractivity contribution in [1.82, 2.24) is 4.72 Å². The zero-order chi connectivity index (χ0) is 15.3. The first-order chi connectivity index (χ1) is 9.31. The molecule has 4 N–H and O–H groups in total. The average Bonchev–Trinajstić information content (AvgIpc) is 2.38. The molecule has 0 bridgehead atoms. The molecule has 0 radical (unpaired) electrons. The molecule has 1 rings (SSSR count). The number of nitrogen functional groups attached to an aromatic ring is 1. The minimum absolute atomic E-state index is 0.0615. The van der Waals surface area contributed by atoms with Crippen LogP contribution in [0.4, 0.5) is 5.69 Å². The van der Waals surface area contributed by atoms with E-state index >= 15 is 0 Å². The molecule has 0 fully saturated rings. The van der Waals surface area contributed by atoms with E-state index in [1.807, 2.05) is 20.8 Å². The van der Waals surface area contributed by atoms with E-state index < -0.39 is 10.0 Å². The summed E-state index contributed by atoms with van der Waals surface area (Å²) in [5.41, 5.74) is 7.93. The zero-order valence-electron chi connectivity index (χ0n) is 12.3. The zero-order valence-corrected chi connectivity index (χ0v) is 13.1. The Morgan fingerprint density at radius 3 is 2.45 bits per heavy atom. The highest BCUT2D eigenvalue weighted by molar-refractivity contribution is 7.89. The molecule has 0 heterocycles. The molecule has 6 heteroatoms. The van der Waals surface area contributed by atoms with Crippen molar-refractivity contribution < 1.29 is 13.5 Å². The van der Waals surface area contributed by atoms with Gasteiger partial charge in [-0.15, -0.1) is 0 Å². The van der Waals surface area contributed by atoms with Crippen molar-refractivity contribution in [3.8, 4) is 0 Å². The normalized spacial score (nSPS) is 13.4. The van der Waals surface area contributed by atoms with E-state index in [0.717, 1.165) is 17.5 Å². The van der Waals surface area contributed by atoms with Gasteiger partial charge in [0.1, 0.15) is 4.90 Å². The second kappa shape index (κ2) is 7.06. The van der Waals surface area contributed by atoms with Crippen LogP contribution in [0.1, 0.15) is 30.9 Å². The summed E-state index contributed by atoms with van der Waals surface area (Å²) in [6.45, 7) is 6.09.